The van der Waals surface area contributed by atoms with Gasteiger partial charge in [0, 0.05) is 19.1 Å². The second-order valence-corrected chi connectivity index (χ2v) is 4.63. The zero-order chi connectivity index (χ0) is 12.4. The molecule has 1 aliphatic heterocycles. The zero-order valence-electron chi connectivity index (χ0n) is 10.2. The molecule has 1 fully saturated rings. The minimum absolute atomic E-state index is 0.0186. The summed E-state index contributed by atoms with van der Waals surface area (Å²) in [4.78, 5) is 13.1. The molecule has 1 saturated heterocycles. The van der Waals surface area contributed by atoms with Crippen molar-refractivity contribution in [2.24, 2.45) is 0 Å². The van der Waals surface area contributed by atoms with Crippen LogP contribution in [0.25, 0.3) is 0 Å². The summed E-state index contributed by atoms with van der Waals surface area (Å²) in [5.41, 5.74) is 0.0186. The summed E-state index contributed by atoms with van der Waals surface area (Å²) in [6.45, 7) is 6.28. The molecule has 0 radical (unpaired) electrons. The molecule has 17 heavy (non-hydrogen) atoms. The van der Waals surface area contributed by atoms with Crippen LogP contribution in [0.5, 0.6) is 0 Å². The number of carboxylic acids is 1. The third kappa shape index (κ3) is 2.46. The highest BCUT2D eigenvalue weighted by Crippen LogP contribution is 2.24. The summed E-state index contributed by atoms with van der Waals surface area (Å²) in [6, 6.07) is 0.869. The second kappa shape index (κ2) is 4.83. The first-order valence-electron chi connectivity index (χ1n) is 6.01. The van der Waals surface area contributed by atoms with E-state index >= 15 is 0 Å². The van der Waals surface area contributed by atoms with Crippen molar-refractivity contribution in [2.75, 3.05) is 13.1 Å². The first-order chi connectivity index (χ1) is 8.11. The number of hydrogen-bond acceptors (Lipinski definition) is 4. The Balaban J connectivity index is 1.88. The summed E-state index contributed by atoms with van der Waals surface area (Å²) in [5.74, 6) is -1.02. The molecule has 6 nitrogen and oxygen atoms in total. The number of hydrogen-bond donors (Lipinski definition) is 1. The molecular formula is C11H18N4O2. The van der Waals surface area contributed by atoms with Crippen LogP contribution < -0.4 is 0 Å². The van der Waals surface area contributed by atoms with Gasteiger partial charge in [0.05, 0.1) is 12.2 Å². The van der Waals surface area contributed by atoms with Crippen molar-refractivity contribution < 1.29 is 9.90 Å². The van der Waals surface area contributed by atoms with Crippen LogP contribution in [-0.2, 0) is 0 Å². The third-order valence-electron chi connectivity index (χ3n) is 3.32. The van der Waals surface area contributed by atoms with Gasteiger partial charge in [-0.05, 0) is 13.3 Å². The lowest BCUT2D eigenvalue weighted by atomic mass is 10.0. The molecule has 1 aromatic heterocycles. The van der Waals surface area contributed by atoms with Crippen LogP contribution in [0.1, 0.15) is 43.2 Å². The highest BCUT2D eigenvalue weighted by molar-refractivity contribution is 5.84. The molecule has 0 saturated carbocycles. The lowest BCUT2D eigenvalue weighted by Crippen LogP contribution is -2.51. The van der Waals surface area contributed by atoms with Crippen molar-refractivity contribution in [1.82, 2.24) is 19.9 Å². The molecule has 0 bridgehead atoms. The molecular weight excluding hydrogens is 220 g/mol. The number of aromatic nitrogens is 3. The standard InChI is InChI=1S/C11H18N4O2/c1-3-4-8(2)14-5-9(6-14)15-7-10(11(16)17)12-13-15/h7-9H,3-6H2,1-2H3,(H,16,17). The zero-order valence-corrected chi connectivity index (χ0v) is 10.2. The van der Waals surface area contributed by atoms with Gasteiger partial charge < -0.3 is 5.11 Å². The molecule has 6 heteroatoms. The molecule has 94 valence electrons. The fourth-order valence-corrected chi connectivity index (χ4v) is 2.17. The molecule has 0 aliphatic carbocycles. The molecule has 0 aromatic carbocycles. The number of carbonyl (C=O) groups is 1. The summed E-state index contributed by atoms with van der Waals surface area (Å²) in [6.07, 6.45) is 3.90. The van der Waals surface area contributed by atoms with E-state index in [1.165, 1.54) is 19.0 Å². The molecule has 1 aromatic rings. The minimum Gasteiger partial charge on any atom is -0.476 e. The predicted molar refractivity (Wildman–Crippen MR) is 62.0 cm³/mol. The van der Waals surface area contributed by atoms with Gasteiger partial charge >= 0.3 is 5.97 Å². The second-order valence-electron chi connectivity index (χ2n) is 4.63. The first kappa shape index (κ1) is 12.0. The van der Waals surface area contributed by atoms with Crippen LogP contribution in [0.3, 0.4) is 0 Å². The van der Waals surface area contributed by atoms with Crippen LogP contribution in [-0.4, -0.2) is 50.1 Å². The number of aromatic carboxylic acids is 1. The summed E-state index contributed by atoms with van der Waals surface area (Å²) >= 11 is 0. The van der Waals surface area contributed by atoms with E-state index < -0.39 is 5.97 Å². The van der Waals surface area contributed by atoms with Crippen molar-refractivity contribution in [1.29, 1.82) is 0 Å². The first-order valence-corrected chi connectivity index (χ1v) is 6.01. The Labute approximate surface area is 100 Å². The van der Waals surface area contributed by atoms with E-state index in [0.29, 0.717) is 6.04 Å². The van der Waals surface area contributed by atoms with Gasteiger partial charge in [-0.25, -0.2) is 9.48 Å². The van der Waals surface area contributed by atoms with E-state index in [1.54, 1.807) is 4.68 Å². The van der Waals surface area contributed by atoms with E-state index in [1.807, 2.05) is 0 Å². The Hall–Kier alpha value is -1.43. The van der Waals surface area contributed by atoms with Crippen molar-refractivity contribution in [3.63, 3.8) is 0 Å². The van der Waals surface area contributed by atoms with E-state index in [4.69, 9.17) is 5.11 Å². The van der Waals surface area contributed by atoms with Gasteiger partial charge in [0.25, 0.3) is 0 Å². The summed E-state index contributed by atoms with van der Waals surface area (Å²) in [7, 11) is 0. The van der Waals surface area contributed by atoms with Crippen molar-refractivity contribution >= 4 is 5.97 Å². The SMILES string of the molecule is CCCC(C)N1CC(n2cc(C(=O)O)nn2)C1. The van der Waals surface area contributed by atoms with E-state index in [2.05, 4.69) is 29.1 Å². The van der Waals surface area contributed by atoms with Crippen LogP contribution in [0, 0.1) is 0 Å². The largest absolute Gasteiger partial charge is 0.476 e. The fourth-order valence-electron chi connectivity index (χ4n) is 2.17. The molecule has 1 atom stereocenters. The summed E-state index contributed by atoms with van der Waals surface area (Å²) in [5, 5.41) is 16.2. The van der Waals surface area contributed by atoms with Crippen LogP contribution in [0.2, 0.25) is 0 Å². The fraction of sp³-hybridized carbons (Fsp3) is 0.727. The minimum atomic E-state index is -1.02. The van der Waals surface area contributed by atoms with Crippen molar-refractivity contribution in [2.45, 2.75) is 38.8 Å². The number of carboxylic acid groups (broad SMARTS) is 1. The average molecular weight is 238 g/mol. The molecule has 2 heterocycles. The maximum absolute atomic E-state index is 10.7. The molecule has 2 rings (SSSR count). The van der Waals surface area contributed by atoms with E-state index in [9.17, 15) is 4.79 Å². The number of rotatable bonds is 5. The molecule has 0 amide bonds. The highest BCUT2D eigenvalue weighted by atomic mass is 16.4. The van der Waals surface area contributed by atoms with Crippen molar-refractivity contribution in [3.05, 3.63) is 11.9 Å². The lowest BCUT2D eigenvalue weighted by Gasteiger charge is -2.42. The number of nitrogens with zero attached hydrogens (tertiary/aromatic N) is 4. The Morgan fingerprint density at radius 1 is 1.65 bits per heavy atom. The van der Waals surface area contributed by atoms with Crippen LogP contribution >= 0.6 is 0 Å². The maximum atomic E-state index is 10.7. The van der Waals surface area contributed by atoms with Crippen LogP contribution in [0.15, 0.2) is 6.20 Å². The molecule has 1 N–H and O–H groups in total. The van der Waals surface area contributed by atoms with Gasteiger partial charge in [0.2, 0.25) is 0 Å². The van der Waals surface area contributed by atoms with Gasteiger partial charge in [-0.15, -0.1) is 5.10 Å². The molecule has 1 unspecified atom stereocenters. The van der Waals surface area contributed by atoms with Gasteiger partial charge in [0.15, 0.2) is 5.69 Å². The maximum Gasteiger partial charge on any atom is 0.358 e. The van der Waals surface area contributed by atoms with Gasteiger partial charge in [0.1, 0.15) is 0 Å². The summed E-state index contributed by atoms with van der Waals surface area (Å²) < 4.78 is 1.67. The smallest absolute Gasteiger partial charge is 0.358 e. The van der Waals surface area contributed by atoms with Gasteiger partial charge in [-0.3, -0.25) is 4.90 Å². The Bertz CT molecular complexity index is 398. The Kier molecular flexibility index (Phi) is 3.42. The predicted octanol–water partition coefficient (Wildman–Crippen LogP) is 1.02. The van der Waals surface area contributed by atoms with Gasteiger partial charge in [-0.2, -0.15) is 0 Å². The van der Waals surface area contributed by atoms with Gasteiger partial charge in [-0.1, -0.05) is 18.6 Å². The Morgan fingerprint density at radius 2 is 2.35 bits per heavy atom. The lowest BCUT2D eigenvalue weighted by molar-refractivity contribution is 0.0551. The monoisotopic (exact) mass is 238 g/mol. The highest BCUT2D eigenvalue weighted by Gasteiger charge is 2.32. The van der Waals surface area contributed by atoms with Crippen molar-refractivity contribution in [3.8, 4) is 0 Å². The third-order valence-corrected chi connectivity index (χ3v) is 3.32. The topological polar surface area (TPSA) is 71.2 Å². The molecule has 1 aliphatic rings. The number of likely N-dealkylation sites (tertiary alicyclic amines) is 1. The van der Waals surface area contributed by atoms with E-state index in [-0.39, 0.29) is 11.7 Å². The molecule has 0 spiro atoms. The van der Waals surface area contributed by atoms with E-state index in [0.717, 1.165) is 13.1 Å². The van der Waals surface area contributed by atoms with Crippen LogP contribution in [0.4, 0.5) is 0 Å². The Morgan fingerprint density at radius 3 is 2.88 bits per heavy atom. The average Bonchev–Trinajstić information content (AvgIpc) is 2.65. The normalized spacial score (nSPS) is 18.9. The quantitative estimate of drug-likeness (QED) is 0.829.